The largest absolute Gasteiger partial charge is 0.384 e. The lowest BCUT2D eigenvalue weighted by Gasteiger charge is -1.98. The zero-order valence-electron chi connectivity index (χ0n) is 9.13. The van der Waals surface area contributed by atoms with Gasteiger partial charge in [0.25, 0.3) is 5.89 Å². The molecule has 0 radical (unpaired) electrons. The molecule has 90 valence electrons. The topological polar surface area (TPSA) is 59.2 Å². The lowest BCUT2D eigenvalue weighted by molar-refractivity contribution is 0.151. The Morgan fingerprint density at radius 2 is 2.35 bits per heavy atom. The Hall–Kier alpha value is -1.04. The van der Waals surface area contributed by atoms with E-state index in [0.717, 1.165) is 4.90 Å². The van der Waals surface area contributed by atoms with Crippen molar-refractivity contribution in [3.8, 4) is 0 Å². The minimum atomic E-state index is -0.729. The van der Waals surface area contributed by atoms with Crippen LogP contribution in [0.5, 0.6) is 0 Å². The average Bonchev–Trinajstić information content (AvgIpc) is 2.75. The fraction of sp³-hybridized carbons (Fsp3) is 0.273. The van der Waals surface area contributed by atoms with E-state index in [1.807, 2.05) is 24.3 Å². The van der Waals surface area contributed by atoms with E-state index in [4.69, 9.17) is 16.1 Å². The molecule has 1 heterocycles. The molecule has 4 nitrogen and oxygen atoms in total. The first-order valence-corrected chi connectivity index (χ1v) is 6.40. The molecule has 1 unspecified atom stereocenters. The van der Waals surface area contributed by atoms with Crippen molar-refractivity contribution in [3.05, 3.63) is 41.0 Å². The van der Waals surface area contributed by atoms with Crippen LogP contribution in [0, 0.1) is 0 Å². The minimum Gasteiger partial charge on any atom is -0.384 e. The van der Waals surface area contributed by atoms with Crippen LogP contribution >= 0.6 is 23.4 Å². The van der Waals surface area contributed by atoms with Crippen LogP contribution in [0.3, 0.4) is 0 Å². The highest BCUT2D eigenvalue weighted by molar-refractivity contribution is 7.98. The van der Waals surface area contributed by atoms with Crippen LogP contribution in [-0.4, -0.2) is 15.2 Å². The maximum absolute atomic E-state index is 9.24. The van der Waals surface area contributed by atoms with Crippen LogP contribution in [-0.2, 0) is 5.75 Å². The molecule has 0 aliphatic heterocycles. The van der Waals surface area contributed by atoms with E-state index in [-0.39, 0.29) is 5.89 Å². The number of benzene rings is 1. The molecule has 1 N–H and O–H groups in total. The summed E-state index contributed by atoms with van der Waals surface area (Å²) in [7, 11) is 0. The van der Waals surface area contributed by atoms with E-state index in [9.17, 15) is 5.11 Å². The highest BCUT2D eigenvalue weighted by atomic mass is 35.5. The van der Waals surface area contributed by atoms with Gasteiger partial charge in [0.2, 0.25) is 0 Å². The van der Waals surface area contributed by atoms with Crippen LogP contribution in [0.4, 0.5) is 0 Å². The van der Waals surface area contributed by atoms with Gasteiger partial charge in [-0.3, -0.25) is 0 Å². The number of hydrogen-bond acceptors (Lipinski definition) is 5. The molecule has 0 amide bonds. The molecule has 1 aromatic heterocycles. The van der Waals surface area contributed by atoms with Crippen molar-refractivity contribution >= 4 is 23.4 Å². The molecule has 0 saturated heterocycles. The zero-order valence-corrected chi connectivity index (χ0v) is 10.7. The summed E-state index contributed by atoms with van der Waals surface area (Å²) in [6.07, 6.45) is -0.729. The molecule has 0 aliphatic carbocycles. The lowest BCUT2D eigenvalue weighted by atomic mass is 10.4. The molecule has 2 rings (SSSR count). The minimum absolute atomic E-state index is 0.242. The van der Waals surface area contributed by atoms with Gasteiger partial charge in [0.1, 0.15) is 6.10 Å². The van der Waals surface area contributed by atoms with Crippen molar-refractivity contribution in [3.63, 3.8) is 0 Å². The van der Waals surface area contributed by atoms with Crippen LogP contribution in [0.1, 0.15) is 24.7 Å². The second-order valence-electron chi connectivity index (χ2n) is 3.47. The maximum atomic E-state index is 9.24. The van der Waals surface area contributed by atoms with E-state index in [1.54, 1.807) is 18.7 Å². The molecule has 0 saturated carbocycles. The number of aliphatic hydroxyl groups is 1. The Balaban J connectivity index is 1.97. The predicted molar refractivity (Wildman–Crippen MR) is 65.9 cm³/mol. The van der Waals surface area contributed by atoms with Crippen LogP contribution < -0.4 is 0 Å². The summed E-state index contributed by atoms with van der Waals surface area (Å²) in [5, 5.41) is 13.7. The average molecular weight is 271 g/mol. The molecule has 6 heteroatoms. The van der Waals surface area contributed by atoms with E-state index < -0.39 is 6.10 Å². The summed E-state index contributed by atoms with van der Waals surface area (Å²) in [5.74, 6) is 1.38. The highest BCUT2D eigenvalue weighted by Crippen LogP contribution is 2.24. The van der Waals surface area contributed by atoms with E-state index >= 15 is 0 Å². The van der Waals surface area contributed by atoms with Crippen molar-refractivity contribution in [2.24, 2.45) is 0 Å². The SMILES string of the molecule is CC(O)c1nc(CSc2cccc(Cl)c2)no1. The lowest BCUT2D eigenvalue weighted by Crippen LogP contribution is -1.91. The number of aromatic nitrogens is 2. The molecule has 0 aliphatic rings. The normalized spacial score (nSPS) is 12.6. The summed E-state index contributed by atoms with van der Waals surface area (Å²) in [6, 6.07) is 7.56. The molecule has 1 aromatic carbocycles. The van der Waals surface area contributed by atoms with Gasteiger partial charge in [-0.05, 0) is 25.1 Å². The van der Waals surface area contributed by atoms with Crippen molar-refractivity contribution in [2.45, 2.75) is 23.7 Å². The monoisotopic (exact) mass is 270 g/mol. The molecule has 0 spiro atoms. The van der Waals surface area contributed by atoms with Gasteiger partial charge in [-0.15, -0.1) is 11.8 Å². The number of hydrogen-bond donors (Lipinski definition) is 1. The van der Waals surface area contributed by atoms with Gasteiger partial charge in [-0.2, -0.15) is 4.98 Å². The van der Waals surface area contributed by atoms with Gasteiger partial charge in [-0.1, -0.05) is 22.8 Å². The fourth-order valence-corrected chi connectivity index (χ4v) is 2.25. The second-order valence-corrected chi connectivity index (χ2v) is 4.96. The molecule has 0 bridgehead atoms. The third-order valence-corrected chi connectivity index (χ3v) is 3.23. The van der Waals surface area contributed by atoms with E-state index in [0.29, 0.717) is 16.6 Å². The Morgan fingerprint density at radius 3 is 3.00 bits per heavy atom. The molecular weight excluding hydrogens is 260 g/mol. The number of thioether (sulfide) groups is 1. The van der Waals surface area contributed by atoms with Gasteiger partial charge in [0.05, 0.1) is 5.75 Å². The maximum Gasteiger partial charge on any atom is 0.255 e. The van der Waals surface area contributed by atoms with E-state index in [2.05, 4.69) is 10.1 Å². The van der Waals surface area contributed by atoms with Crippen molar-refractivity contribution in [1.82, 2.24) is 10.1 Å². The third-order valence-electron chi connectivity index (χ3n) is 2.01. The Bertz CT molecular complexity index is 502. The van der Waals surface area contributed by atoms with Crippen molar-refractivity contribution < 1.29 is 9.63 Å². The Kier molecular flexibility index (Phi) is 4.04. The van der Waals surface area contributed by atoms with Gasteiger partial charge < -0.3 is 9.63 Å². The number of nitrogens with zero attached hydrogens (tertiary/aromatic N) is 2. The first kappa shape index (κ1) is 12.4. The molecule has 0 fully saturated rings. The van der Waals surface area contributed by atoms with Crippen LogP contribution in [0.15, 0.2) is 33.7 Å². The molecule has 17 heavy (non-hydrogen) atoms. The molecule has 1 atom stereocenters. The number of rotatable bonds is 4. The fourth-order valence-electron chi connectivity index (χ4n) is 1.20. The van der Waals surface area contributed by atoms with E-state index in [1.165, 1.54) is 0 Å². The van der Waals surface area contributed by atoms with Gasteiger partial charge in [0, 0.05) is 9.92 Å². The second kappa shape index (κ2) is 5.53. The van der Waals surface area contributed by atoms with Gasteiger partial charge in [-0.25, -0.2) is 0 Å². The summed E-state index contributed by atoms with van der Waals surface area (Å²) in [5.41, 5.74) is 0. The first-order valence-electron chi connectivity index (χ1n) is 5.04. The summed E-state index contributed by atoms with van der Waals surface area (Å²) < 4.78 is 4.89. The van der Waals surface area contributed by atoms with Crippen molar-refractivity contribution in [1.29, 1.82) is 0 Å². The third kappa shape index (κ3) is 3.46. The zero-order chi connectivity index (χ0) is 12.3. The highest BCUT2D eigenvalue weighted by Gasteiger charge is 2.11. The number of aliphatic hydroxyl groups excluding tert-OH is 1. The smallest absolute Gasteiger partial charge is 0.255 e. The number of halogens is 1. The van der Waals surface area contributed by atoms with Crippen molar-refractivity contribution in [2.75, 3.05) is 0 Å². The summed E-state index contributed by atoms with van der Waals surface area (Å²) >= 11 is 7.44. The molecular formula is C11H11ClN2O2S. The summed E-state index contributed by atoms with van der Waals surface area (Å²) in [6.45, 7) is 1.58. The first-order chi connectivity index (χ1) is 8.15. The standard InChI is InChI=1S/C11H11ClN2O2S/c1-7(15)11-13-10(14-16-11)6-17-9-4-2-3-8(12)5-9/h2-5,7,15H,6H2,1H3. The van der Waals surface area contributed by atoms with Crippen LogP contribution in [0.25, 0.3) is 0 Å². The Labute approximate surface area is 108 Å². The van der Waals surface area contributed by atoms with Gasteiger partial charge in [0.15, 0.2) is 5.82 Å². The summed E-state index contributed by atoms with van der Waals surface area (Å²) in [4.78, 5) is 5.11. The Morgan fingerprint density at radius 1 is 1.53 bits per heavy atom. The van der Waals surface area contributed by atoms with Gasteiger partial charge >= 0.3 is 0 Å². The molecule has 2 aromatic rings. The van der Waals surface area contributed by atoms with Crippen LogP contribution in [0.2, 0.25) is 5.02 Å². The quantitative estimate of drug-likeness (QED) is 0.865. The predicted octanol–water partition coefficient (Wildman–Crippen LogP) is 3.07.